The highest BCUT2D eigenvalue weighted by molar-refractivity contribution is 8.01. The molecule has 3 rings (SSSR count). The van der Waals surface area contributed by atoms with E-state index in [-0.39, 0.29) is 35.4 Å². The first-order chi connectivity index (χ1) is 14.8. The molecule has 0 aliphatic carbocycles. The molecule has 9 nitrogen and oxygen atoms in total. The summed E-state index contributed by atoms with van der Waals surface area (Å²) < 4.78 is 27.8. The number of anilines is 1. The standard InChI is InChI=1S/C19H25N5O4S3/c1-3-8-20-18-21-22-19(30-18)29-13-17(26)23-9-11-24(12-10-23)31(27,28)16-6-4-15(5-7-16)14(2)25/h4-7H,3,8-13H2,1-2H3,(H,20,21). The molecule has 1 fully saturated rings. The lowest BCUT2D eigenvalue weighted by molar-refractivity contribution is -0.129. The van der Waals surface area contributed by atoms with E-state index >= 15 is 0 Å². The van der Waals surface area contributed by atoms with Gasteiger partial charge in [0.05, 0.1) is 10.6 Å². The van der Waals surface area contributed by atoms with Crippen LogP contribution in [-0.2, 0) is 14.8 Å². The molecule has 0 saturated carbocycles. The largest absolute Gasteiger partial charge is 0.360 e. The first-order valence-electron chi connectivity index (χ1n) is 9.90. The maximum absolute atomic E-state index is 12.8. The van der Waals surface area contributed by atoms with Crippen LogP contribution in [0.2, 0.25) is 0 Å². The maximum Gasteiger partial charge on any atom is 0.243 e. The molecule has 1 N–H and O–H groups in total. The van der Waals surface area contributed by atoms with Crippen molar-refractivity contribution >= 4 is 49.9 Å². The van der Waals surface area contributed by atoms with Gasteiger partial charge in [-0.2, -0.15) is 4.31 Å². The lowest BCUT2D eigenvalue weighted by Crippen LogP contribution is -2.50. The van der Waals surface area contributed by atoms with Gasteiger partial charge in [0.25, 0.3) is 0 Å². The fraction of sp³-hybridized carbons (Fsp3) is 0.474. The first-order valence-corrected chi connectivity index (χ1v) is 13.1. The molecular weight excluding hydrogens is 458 g/mol. The highest BCUT2D eigenvalue weighted by atomic mass is 32.2. The van der Waals surface area contributed by atoms with Gasteiger partial charge in [0.1, 0.15) is 0 Å². The molecule has 0 bridgehead atoms. The van der Waals surface area contributed by atoms with Crippen molar-refractivity contribution in [3.63, 3.8) is 0 Å². The zero-order valence-electron chi connectivity index (χ0n) is 17.4. The number of piperazine rings is 1. The van der Waals surface area contributed by atoms with Crippen LogP contribution >= 0.6 is 23.1 Å². The molecule has 1 aliphatic heterocycles. The molecule has 1 amide bonds. The van der Waals surface area contributed by atoms with Crippen LogP contribution in [0, 0.1) is 0 Å². The smallest absolute Gasteiger partial charge is 0.243 e. The van der Waals surface area contributed by atoms with E-state index in [1.54, 1.807) is 4.90 Å². The van der Waals surface area contributed by atoms with E-state index in [0.29, 0.717) is 18.7 Å². The second kappa shape index (κ2) is 10.5. The zero-order valence-corrected chi connectivity index (χ0v) is 19.9. The van der Waals surface area contributed by atoms with E-state index in [1.807, 2.05) is 0 Å². The Bertz CT molecular complexity index is 1020. The van der Waals surface area contributed by atoms with Crippen molar-refractivity contribution < 1.29 is 18.0 Å². The van der Waals surface area contributed by atoms with Crippen LogP contribution in [-0.4, -0.2) is 78.0 Å². The summed E-state index contributed by atoms with van der Waals surface area (Å²) in [4.78, 5) is 25.7. The van der Waals surface area contributed by atoms with Crippen molar-refractivity contribution in [2.24, 2.45) is 0 Å². The molecule has 0 atom stereocenters. The average Bonchev–Trinajstić information content (AvgIpc) is 3.24. The van der Waals surface area contributed by atoms with Crippen LogP contribution < -0.4 is 5.32 Å². The second-order valence-electron chi connectivity index (χ2n) is 6.95. The Balaban J connectivity index is 1.50. The summed E-state index contributed by atoms with van der Waals surface area (Å²) in [6, 6.07) is 5.93. The van der Waals surface area contributed by atoms with Crippen molar-refractivity contribution in [2.75, 3.05) is 43.8 Å². The zero-order chi connectivity index (χ0) is 22.4. The summed E-state index contributed by atoms with van der Waals surface area (Å²) in [6.45, 7) is 5.47. The molecule has 0 unspecified atom stereocenters. The molecular formula is C19H25N5O4S3. The third-order valence-electron chi connectivity index (χ3n) is 4.74. The van der Waals surface area contributed by atoms with Crippen LogP contribution in [0.5, 0.6) is 0 Å². The molecule has 1 aromatic heterocycles. The number of ketones is 1. The van der Waals surface area contributed by atoms with Crippen LogP contribution in [0.3, 0.4) is 0 Å². The Labute approximate surface area is 190 Å². The van der Waals surface area contributed by atoms with Gasteiger partial charge >= 0.3 is 0 Å². The van der Waals surface area contributed by atoms with E-state index < -0.39 is 10.0 Å². The molecule has 168 valence electrons. The monoisotopic (exact) mass is 483 g/mol. The van der Waals surface area contributed by atoms with Crippen molar-refractivity contribution in [1.29, 1.82) is 0 Å². The minimum Gasteiger partial charge on any atom is -0.360 e. The molecule has 0 spiro atoms. The summed E-state index contributed by atoms with van der Waals surface area (Å²) in [5, 5.41) is 12.0. The Morgan fingerprint density at radius 3 is 2.42 bits per heavy atom. The van der Waals surface area contributed by atoms with Gasteiger partial charge in [-0.15, -0.1) is 10.2 Å². The number of rotatable bonds is 9. The molecule has 1 aliphatic rings. The maximum atomic E-state index is 12.8. The number of carbonyl (C=O) groups is 2. The number of aromatic nitrogens is 2. The number of hydrogen-bond donors (Lipinski definition) is 1. The van der Waals surface area contributed by atoms with Crippen molar-refractivity contribution in [3.05, 3.63) is 29.8 Å². The van der Waals surface area contributed by atoms with Gasteiger partial charge in [-0.25, -0.2) is 8.42 Å². The summed E-state index contributed by atoms with van der Waals surface area (Å²) in [5.41, 5.74) is 0.468. The number of thioether (sulfide) groups is 1. The summed E-state index contributed by atoms with van der Waals surface area (Å²) in [7, 11) is -3.66. The molecule has 1 saturated heterocycles. The van der Waals surface area contributed by atoms with Crippen LogP contribution in [0.1, 0.15) is 30.6 Å². The summed E-state index contributed by atoms with van der Waals surface area (Å²) in [6.07, 6.45) is 0.992. The predicted molar refractivity (Wildman–Crippen MR) is 121 cm³/mol. The average molecular weight is 484 g/mol. The van der Waals surface area contributed by atoms with Gasteiger partial charge in [-0.1, -0.05) is 42.2 Å². The van der Waals surface area contributed by atoms with Crippen molar-refractivity contribution in [2.45, 2.75) is 29.5 Å². The second-order valence-corrected chi connectivity index (χ2v) is 11.1. The topological polar surface area (TPSA) is 113 Å². The van der Waals surface area contributed by atoms with E-state index in [4.69, 9.17) is 0 Å². The van der Waals surface area contributed by atoms with Gasteiger partial charge in [-0.3, -0.25) is 9.59 Å². The summed E-state index contributed by atoms with van der Waals surface area (Å²) in [5.74, 6) is 0.0730. The van der Waals surface area contributed by atoms with Gasteiger partial charge in [-0.05, 0) is 25.5 Å². The van der Waals surface area contributed by atoms with Crippen LogP contribution in [0.15, 0.2) is 33.5 Å². The van der Waals surface area contributed by atoms with Gasteiger partial charge in [0.2, 0.25) is 21.1 Å². The molecule has 0 radical (unpaired) electrons. The predicted octanol–water partition coefficient (Wildman–Crippen LogP) is 2.19. The molecule has 1 aromatic carbocycles. The third-order valence-corrected chi connectivity index (χ3v) is 8.65. The Hall–Kier alpha value is -2.02. The number of sulfonamides is 1. The number of carbonyl (C=O) groups excluding carboxylic acids is 2. The number of nitrogens with zero attached hydrogens (tertiary/aromatic N) is 4. The SMILES string of the molecule is CCCNc1nnc(SCC(=O)N2CCN(S(=O)(=O)c3ccc(C(C)=O)cc3)CC2)s1. The first kappa shape index (κ1) is 23.6. The number of amides is 1. The van der Waals surface area contributed by atoms with Gasteiger partial charge < -0.3 is 10.2 Å². The molecule has 2 aromatic rings. The highest BCUT2D eigenvalue weighted by Crippen LogP contribution is 2.26. The number of nitrogens with one attached hydrogen (secondary N) is 1. The minimum atomic E-state index is -3.66. The fourth-order valence-corrected chi connectivity index (χ4v) is 6.08. The Kier molecular flexibility index (Phi) is 8.03. The van der Waals surface area contributed by atoms with Crippen molar-refractivity contribution in [3.8, 4) is 0 Å². The van der Waals surface area contributed by atoms with Gasteiger partial charge in [0, 0.05) is 38.3 Å². The summed E-state index contributed by atoms with van der Waals surface area (Å²) >= 11 is 2.75. The Morgan fingerprint density at radius 1 is 1.13 bits per heavy atom. The number of hydrogen-bond acceptors (Lipinski definition) is 9. The van der Waals surface area contributed by atoms with Crippen molar-refractivity contribution in [1.82, 2.24) is 19.4 Å². The quantitative estimate of drug-likeness (QED) is 0.427. The number of benzene rings is 1. The van der Waals surface area contributed by atoms with E-state index in [0.717, 1.165) is 22.4 Å². The van der Waals surface area contributed by atoms with Crippen LogP contribution in [0.25, 0.3) is 0 Å². The fourth-order valence-electron chi connectivity index (χ4n) is 2.97. The van der Waals surface area contributed by atoms with E-state index in [9.17, 15) is 18.0 Å². The molecule has 2 heterocycles. The number of Topliss-reactive ketones (excluding diaryl/α,β-unsaturated/α-hetero) is 1. The lowest BCUT2D eigenvalue weighted by atomic mass is 10.2. The normalized spacial score (nSPS) is 15.1. The van der Waals surface area contributed by atoms with E-state index in [2.05, 4.69) is 22.4 Å². The molecule has 12 heteroatoms. The molecule has 31 heavy (non-hydrogen) atoms. The minimum absolute atomic E-state index is 0.0499. The highest BCUT2D eigenvalue weighted by Gasteiger charge is 2.30. The Morgan fingerprint density at radius 2 is 1.81 bits per heavy atom. The van der Waals surface area contributed by atoms with Crippen LogP contribution in [0.4, 0.5) is 5.13 Å². The van der Waals surface area contributed by atoms with Gasteiger partial charge in [0.15, 0.2) is 10.1 Å². The third kappa shape index (κ3) is 6.03. The van der Waals surface area contributed by atoms with E-state index in [1.165, 1.54) is 58.6 Å². The lowest BCUT2D eigenvalue weighted by Gasteiger charge is -2.34.